The second kappa shape index (κ2) is 8.30. The van der Waals surface area contributed by atoms with Gasteiger partial charge in [-0.3, -0.25) is 4.79 Å². The Morgan fingerprint density at radius 2 is 1.79 bits per heavy atom. The third-order valence-corrected chi connectivity index (χ3v) is 4.83. The second-order valence-electron chi connectivity index (χ2n) is 5.50. The predicted molar refractivity (Wildman–Crippen MR) is 104 cm³/mol. The van der Waals surface area contributed by atoms with Crippen LogP contribution in [0, 0.1) is 0 Å². The first-order valence-corrected chi connectivity index (χ1v) is 8.96. The van der Waals surface area contributed by atoms with Crippen molar-refractivity contribution in [2.24, 2.45) is 0 Å². The molecule has 0 aliphatic heterocycles. The van der Waals surface area contributed by atoms with Crippen LogP contribution in [0.2, 0.25) is 0 Å². The fourth-order valence-electron chi connectivity index (χ4n) is 2.89. The number of carbonyl (C=O) groups is 1. The molecule has 3 nitrogen and oxygen atoms in total. The number of carbonyl (C=O) groups excluding carboxylic acids is 1. The van der Waals surface area contributed by atoms with Crippen LogP contribution in [-0.4, -0.2) is 24.2 Å². The summed E-state index contributed by atoms with van der Waals surface area (Å²) in [7, 11) is 3.21. The molecule has 0 aliphatic carbocycles. The van der Waals surface area contributed by atoms with Gasteiger partial charge in [0.25, 0.3) is 0 Å². The van der Waals surface area contributed by atoms with Crippen LogP contribution >= 0.6 is 28.6 Å². The molecule has 128 valence electrons. The molecule has 0 radical (unpaired) electrons. The van der Waals surface area contributed by atoms with Crippen LogP contribution in [0.15, 0.2) is 48.5 Å². The average molecular weight is 409 g/mol. The van der Waals surface area contributed by atoms with E-state index in [2.05, 4.69) is 28.6 Å². The molecule has 0 bridgehead atoms. The Balaban J connectivity index is 2.60. The highest BCUT2D eigenvalue weighted by atomic mass is 79.9. The number of ether oxygens (including phenoxy) is 2. The van der Waals surface area contributed by atoms with Gasteiger partial charge in [-0.2, -0.15) is 0 Å². The minimum atomic E-state index is -0.927. The quantitative estimate of drug-likeness (QED) is 0.413. The minimum Gasteiger partial charge on any atom is -0.348 e. The molecule has 5 heteroatoms. The van der Waals surface area contributed by atoms with E-state index in [1.165, 1.54) is 0 Å². The van der Waals surface area contributed by atoms with Gasteiger partial charge in [0.1, 0.15) is 0 Å². The number of alkyl halides is 1. The lowest BCUT2D eigenvalue weighted by atomic mass is 9.92. The van der Waals surface area contributed by atoms with Crippen molar-refractivity contribution in [2.75, 3.05) is 14.2 Å². The molecule has 0 saturated heterocycles. The third kappa shape index (κ3) is 3.91. The zero-order valence-electron chi connectivity index (χ0n) is 14.0. The summed E-state index contributed by atoms with van der Waals surface area (Å²) in [6.07, 6.45) is 0.237. The second-order valence-corrected chi connectivity index (χ2v) is 7.37. The molecule has 0 amide bonds. The molecule has 24 heavy (non-hydrogen) atoms. The fraction of sp³-hybridized carbons (Fsp3) is 0.316. The SMILES string of the molecule is COC(OC)(c1ccc(-c2ccccc2)c(CC(=O)S)c1)C(C)Br. The molecule has 2 rings (SSSR count). The van der Waals surface area contributed by atoms with E-state index in [0.29, 0.717) is 0 Å². The maximum atomic E-state index is 11.6. The zero-order valence-corrected chi connectivity index (χ0v) is 16.4. The Morgan fingerprint density at radius 3 is 2.29 bits per heavy atom. The smallest absolute Gasteiger partial charge is 0.206 e. The van der Waals surface area contributed by atoms with Gasteiger partial charge in [-0.25, -0.2) is 0 Å². The lowest BCUT2D eigenvalue weighted by Gasteiger charge is -2.34. The molecule has 0 fully saturated rings. The fourth-order valence-corrected chi connectivity index (χ4v) is 3.70. The Hall–Kier alpha value is -1.14. The molecule has 0 heterocycles. The van der Waals surface area contributed by atoms with Gasteiger partial charge >= 0.3 is 0 Å². The first-order chi connectivity index (χ1) is 11.4. The minimum absolute atomic E-state index is 0.0814. The number of thiol groups is 1. The van der Waals surface area contributed by atoms with Gasteiger partial charge in [-0.05, 0) is 29.7 Å². The molecular weight excluding hydrogens is 388 g/mol. The van der Waals surface area contributed by atoms with Crippen LogP contribution in [0.3, 0.4) is 0 Å². The molecule has 2 aromatic carbocycles. The highest BCUT2D eigenvalue weighted by Crippen LogP contribution is 2.37. The lowest BCUT2D eigenvalue weighted by Crippen LogP contribution is -2.38. The van der Waals surface area contributed by atoms with Crippen molar-refractivity contribution in [1.82, 2.24) is 0 Å². The number of rotatable bonds is 7. The summed E-state index contributed by atoms with van der Waals surface area (Å²) in [5.74, 6) is -0.927. The van der Waals surface area contributed by atoms with Crippen molar-refractivity contribution >= 4 is 33.7 Å². The van der Waals surface area contributed by atoms with E-state index < -0.39 is 5.79 Å². The Morgan fingerprint density at radius 1 is 1.17 bits per heavy atom. The maximum absolute atomic E-state index is 11.6. The van der Waals surface area contributed by atoms with E-state index in [9.17, 15) is 4.79 Å². The first kappa shape index (κ1) is 19.2. The van der Waals surface area contributed by atoms with Crippen molar-refractivity contribution in [3.05, 3.63) is 59.7 Å². The summed E-state index contributed by atoms with van der Waals surface area (Å²) >= 11 is 7.51. The monoisotopic (exact) mass is 408 g/mol. The summed E-state index contributed by atoms with van der Waals surface area (Å²) in [5.41, 5.74) is 3.80. The summed E-state index contributed by atoms with van der Waals surface area (Å²) in [6, 6.07) is 15.9. The van der Waals surface area contributed by atoms with E-state index in [4.69, 9.17) is 9.47 Å². The van der Waals surface area contributed by atoms with Crippen LogP contribution in [-0.2, 0) is 26.5 Å². The highest BCUT2D eigenvalue weighted by Gasteiger charge is 2.37. The topological polar surface area (TPSA) is 35.5 Å². The molecule has 0 spiro atoms. The van der Waals surface area contributed by atoms with Crippen LogP contribution in [0.5, 0.6) is 0 Å². The highest BCUT2D eigenvalue weighted by molar-refractivity contribution is 9.09. The number of benzene rings is 2. The molecule has 1 unspecified atom stereocenters. The van der Waals surface area contributed by atoms with Crippen LogP contribution < -0.4 is 0 Å². The van der Waals surface area contributed by atoms with E-state index in [1.54, 1.807) is 14.2 Å². The van der Waals surface area contributed by atoms with Crippen molar-refractivity contribution in [2.45, 2.75) is 24.0 Å². The maximum Gasteiger partial charge on any atom is 0.206 e. The largest absolute Gasteiger partial charge is 0.348 e. The van der Waals surface area contributed by atoms with E-state index in [-0.39, 0.29) is 16.4 Å². The van der Waals surface area contributed by atoms with Crippen molar-refractivity contribution in [3.63, 3.8) is 0 Å². The molecule has 0 N–H and O–H groups in total. The summed E-state index contributed by atoms with van der Waals surface area (Å²) in [4.78, 5) is 11.5. The van der Waals surface area contributed by atoms with E-state index >= 15 is 0 Å². The van der Waals surface area contributed by atoms with Gasteiger partial charge in [0.15, 0.2) is 5.12 Å². The number of methoxy groups -OCH3 is 2. The van der Waals surface area contributed by atoms with Crippen LogP contribution in [0.25, 0.3) is 11.1 Å². The standard InChI is InChI=1S/C19H21BrO3S/c1-13(20)19(22-2,23-3)16-9-10-17(14-7-5-4-6-8-14)15(11-16)12-18(21)24/h4-11,13H,12H2,1-3H3,(H,21,24). The number of hydrogen-bond acceptors (Lipinski definition) is 3. The lowest BCUT2D eigenvalue weighted by molar-refractivity contribution is -0.212. The van der Waals surface area contributed by atoms with Gasteiger partial charge in [0, 0.05) is 26.2 Å². The normalized spacial score (nSPS) is 12.9. The number of halogens is 1. The van der Waals surface area contributed by atoms with Gasteiger partial charge in [-0.15, -0.1) is 12.6 Å². The van der Waals surface area contributed by atoms with E-state index in [0.717, 1.165) is 22.3 Å². The summed E-state index contributed by atoms with van der Waals surface area (Å²) in [5, 5.41) is -0.184. The molecule has 0 aromatic heterocycles. The Kier molecular flexibility index (Phi) is 6.63. The first-order valence-electron chi connectivity index (χ1n) is 7.59. The van der Waals surface area contributed by atoms with Crippen LogP contribution in [0.4, 0.5) is 0 Å². The van der Waals surface area contributed by atoms with Crippen molar-refractivity contribution in [3.8, 4) is 11.1 Å². The Bertz CT molecular complexity index is 697. The third-order valence-electron chi connectivity index (χ3n) is 4.06. The predicted octanol–water partition coefficient (Wildman–Crippen LogP) is 4.58. The molecule has 1 atom stereocenters. The van der Waals surface area contributed by atoms with Gasteiger partial charge in [-0.1, -0.05) is 58.4 Å². The summed E-state index contributed by atoms with van der Waals surface area (Å²) < 4.78 is 11.3. The van der Waals surface area contributed by atoms with Crippen LogP contribution in [0.1, 0.15) is 18.1 Å². The van der Waals surface area contributed by atoms with Gasteiger partial charge in [0.2, 0.25) is 5.79 Å². The molecule has 2 aromatic rings. The average Bonchev–Trinajstić information content (AvgIpc) is 2.57. The van der Waals surface area contributed by atoms with Crippen molar-refractivity contribution < 1.29 is 14.3 Å². The Labute approximate surface area is 156 Å². The summed E-state index contributed by atoms with van der Waals surface area (Å²) in [6.45, 7) is 1.96. The van der Waals surface area contributed by atoms with E-state index in [1.807, 2.05) is 55.5 Å². The zero-order chi connectivity index (χ0) is 17.7. The van der Waals surface area contributed by atoms with Gasteiger partial charge < -0.3 is 9.47 Å². The molecular formula is C19H21BrO3S. The molecule has 0 aliphatic rings. The number of hydrogen-bond donors (Lipinski definition) is 1. The molecule has 0 saturated carbocycles. The van der Waals surface area contributed by atoms with Gasteiger partial charge in [0.05, 0.1) is 4.83 Å². The van der Waals surface area contributed by atoms with Crippen molar-refractivity contribution in [1.29, 1.82) is 0 Å².